The predicted molar refractivity (Wildman–Crippen MR) is 69.7 cm³/mol. The third-order valence-corrected chi connectivity index (χ3v) is 4.93. The van der Waals surface area contributed by atoms with E-state index in [9.17, 15) is 13.2 Å². The van der Waals surface area contributed by atoms with Crippen molar-refractivity contribution in [3.8, 4) is 0 Å². The first-order chi connectivity index (χ1) is 8.90. The number of rotatable bonds is 6. The van der Waals surface area contributed by atoms with Gasteiger partial charge in [-0.05, 0) is 28.8 Å². The topological polar surface area (TPSA) is 106 Å². The number of carbonyl (C=O) groups excluding carboxylic acids is 1. The fourth-order valence-corrected chi connectivity index (χ4v) is 3.62. The first kappa shape index (κ1) is 14.4. The van der Waals surface area contributed by atoms with Gasteiger partial charge in [0.05, 0.1) is 0 Å². The van der Waals surface area contributed by atoms with E-state index in [0.717, 1.165) is 17.5 Å². The van der Waals surface area contributed by atoms with E-state index in [1.54, 1.807) is 0 Å². The Labute approximate surface area is 119 Å². The fourth-order valence-electron chi connectivity index (χ4n) is 1.50. The molecule has 2 N–H and O–H groups in total. The van der Waals surface area contributed by atoms with Crippen LogP contribution < -0.4 is 10.0 Å². The van der Waals surface area contributed by atoms with Crippen LogP contribution in [0.2, 0.25) is 0 Å². The van der Waals surface area contributed by atoms with Gasteiger partial charge in [0.2, 0.25) is 10.9 Å². The van der Waals surface area contributed by atoms with E-state index in [0.29, 0.717) is 0 Å². The molecule has 0 saturated heterocycles. The van der Waals surface area contributed by atoms with E-state index in [1.807, 2.05) is 0 Å². The van der Waals surface area contributed by atoms with Gasteiger partial charge in [0.1, 0.15) is 0 Å². The van der Waals surface area contributed by atoms with E-state index in [-0.39, 0.29) is 34.5 Å². The number of nitrogens with one attached hydrogen (secondary N) is 2. The number of nitrogens with zero attached hydrogens (tertiary/aromatic N) is 3. The zero-order valence-corrected chi connectivity index (χ0v) is 12.7. The number of carbonyl (C=O) groups is 1. The Balaban J connectivity index is 1.89. The van der Waals surface area contributed by atoms with Crippen LogP contribution in [0.1, 0.15) is 19.3 Å². The molecule has 8 nitrogen and oxygen atoms in total. The number of halogens is 1. The SMILES string of the molecule is Cn1nnc(Br)c1S(=O)(=O)NCCC(=O)NC1CC1. The molecule has 0 aliphatic heterocycles. The summed E-state index contributed by atoms with van der Waals surface area (Å²) < 4.78 is 27.6. The highest BCUT2D eigenvalue weighted by molar-refractivity contribution is 9.10. The van der Waals surface area contributed by atoms with E-state index >= 15 is 0 Å². The van der Waals surface area contributed by atoms with Gasteiger partial charge in [0, 0.05) is 26.1 Å². The molecule has 10 heteroatoms. The van der Waals surface area contributed by atoms with Crippen LogP contribution in [0.3, 0.4) is 0 Å². The lowest BCUT2D eigenvalue weighted by Gasteiger charge is -2.07. The Morgan fingerprint density at radius 3 is 2.74 bits per heavy atom. The molecule has 1 aromatic rings. The van der Waals surface area contributed by atoms with Crippen molar-refractivity contribution in [3.05, 3.63) is 4.60 Å². The number of amides is 1. The van der Waals surface area contributed by atoms with Gasteiger partial charge < -0.3 is 5.32 Å². The molecule has 1 aliphatic carbocycles. The summed E-state index contributed by atoms with van der Waals surface area (Å²) in [7, 11) is -2.25. The number of aryl methyl sites for hydroxylation is 1. The van der Waals surface area contributed by atoms with Gasteiger partial charge in [-0.3, -0.25) is 4.79 Å². The molecule has 106 valence electrons. The monoisotopic (exact) mass is 351 g/mol. The van der Waals surface area contributed by atoms with Gasteiger partial charge in [-0.25, -0.2) is 17.8 Å². The number of sulfonamides is 1. The number of aromatic nitrogens is 3. The van der Waals surface area contributed by atoms with Crippen LogP contribution in [-0.4, -0.2) is 41.9 Å². The molecule has 1 heterocycles. The van der Waals surface area contributed by atoms with E-state index in [2.05, 4.69) is 36.3 Å². The van der Waals surface area contributed by atoms with Crippen molar-refractivity contribution in [1.82, 2.24) is 25.0 Å². The maximum atomic E-state index is 12.0. The standard InChI is InChI=1S/C9H14BrN5O3S/c1-15-9(8(10)13-14-15)19(17,18)11-5-4-7(16)12-6-2-3-6/h6,11H,2-5H2,1H3,(H,12,16). The molecule has 0 aromatic carbocycles. The summed E-state index contributed by atoms with van der Waals surface area (Å²) in [5, 5.41) is 9.92. The van der Waals surface area contributed by atoms with Gasteiger partial charge in [0.15, 0.2) is 4.60 Å². The molecular weight excluding hydrogens is 338 g/mol. The Kier molecular flexibility index (Phi) is 4.21. The maximum Gasteiger partial charge on any atom is 0.260 e. The lowest BCUT2D eigenvalue weighted by molar-refractivity contribution is -0.121. The van der Waals surface area contributed by atoms with Crippen LogP contribution in [0.25, 0.3) is 0 Å². The molecule has 1 amide bonds. The molecule has 0 unspecified atom stereocenters. The molecular formula is C9H14BrN5O3S. The molecule has 1 aliphatic rings. The first-order valence-corrected chi connectivity index (χ1v) is 8.02. The van der Waals surface area contributed by atoms with Crippen LogP contribution >= 0.6 is 15.9 Å². The highest BCUT2D eigenvalue weighted by Gasteiger charge is 2.25. The number of hydrogen-bond acceptors (Lipinski definition) is 5. The quantitative estimate of drug-likeness (QED) is 0.720. The van der Waals surface area contributed by atoms with Crippen LogP contribution in [0.15, 0.2) is 9.63 Å². The van der Waals surface area contributed by atoms with Gasteiger partial charge in [0.25, 0.3) is 10.0 Å². The Morgan fingerprint density at radius 2 is 2.21 bits per heavy atom. The molecule has 0 bridgehead atoms. The van der Waals surface area contributed by atoms with Crippen molar-refractivity contribution < 1.29 is 13.2 Å². The lowest BCUT2D eigenvalue weighted by atomic mass is 10.4. The minimum absolute atomic E-state index is 0.0402. The average Bonchev–Trinajstić information content (AvgIpc) is 3.03. The summed E-state index contributed by atoms with van der Waals surface area (Å²) >= 11 is 3.02. The summed E-state index contributed by atoms with van der Waals surface area (Å²) in [4.78, 5) is 11.4. The van der Waals surface area contributed by atoms with Gasteiger partial charge in [-0.1, -0.05) is 5.21 Å². The highest BCUT2D eigenvalue weighted by Crippen LogP contribution is 2.19. The van der Waals surface area contributed by atoms with Crippen molar-refractivity contribution >= 4 is 31.9 Å². The second kappa shape index (κ2) is 5.55. The summed E-state index contributed by atoms with van der Waals surface area (Å²) in [5.74, 6) is -0.146. The second-order valence-corrected chi connectivity index (χ2v) is 6.73. The van der Waals surface area contributed by atoms with E-state index in [1.165, 1.54) is 7.05 Å². The summed E-state index contributed by atoms with van der Waals surface area (Å²) in [6.45, 7) is 0.0402. The fraction of sp³-hybridized carbons (Fsp3) is 0.667. The van der Waals surface area contributed by atoms with Gasteiger partial charge in [-0.2, -0.15) is 0 Å². The van der Waals surface area contributed by atoms with Crippen molar-refractivity contribution in [2.24, 2.45) is 7.05 Å². The lowest BCUT2D eigenvalue weighted by Crippen LogP contribution is -2.32. The van der Waals surface area contributed by atoms with Crippen molar-refractivity contribution in [2.75, 3.05) is 6.54 Å². The highest BCUT2D eigenvalue weighted by atomic mass is 79.9. The van der Waals surface area contributed by atoms with Crippen molar-refractivity contribution in [1.29, 1.82) is 0 Å². The molecule has 19 heavy (non-hydrogen) atoms. The van der Waals surface area contributed by atoms with Gasteiger partial charge >= 0.3 is 0 Å². The Hall–Kier alpha value is -1.00. The molecule has 1 aromatic heterocycles. The maximum absolute atomic E-state index is 12.0. The van der Waals surface area contributed by atoms with Gasteiger partial charge in [-0.15, -0.1) is 5.10 Å². The molecule has 0 atom stereocenters. The molecule has 1 fully saturated rings. The minimum atomic E-state index is -3.73. The largest absolute Gasteiger partial charge is 0.353 e. The van der Waals surface area contributed by atoms with Crippen LogP contribution in [-0.2, 0) is 21.9 Å². The van der Waals surface area contributed by atoms with Crippen LogP contribution in [0.4, 0.5) is 0 Å². The minimum Gasteiger partial charge on any atom is -0.353 e. The third-order valence-electron chi connectivity index (χ3n) is 2.58. The second-order valence-electron chi connectivity index (χ2n) is 4.30. The zero-order chi connectivity index (χ0) is 14.0. The molecule has 1 saturated carbocycles. The predicted octanol–water partition coefficient (Wildman–Crippen LogP) is -0.475. The molecule has 0 radical (unpaired) electrons. The first-order valence-electron chi connectivity index (χ1n) is 5.74. The summed E-state index contributed by atoms with van der Waals surface area (Å²) in [6.07, 6.45) is 2.12. The third kappa shape index (κ3) is 3.74. The summed E-state index contributed by atoms with van der Waals surface area (Å²) in [6, 6.07) is 0.277. The van der Waals surface area contributed by atoms with Crippen molar-refractivity contribution in [2.45, 2.75) is 30.3 Å². The van der Waals surface area contributed by atoms with E-state index in [4.69, 9.17) is 0 Å². The average molecular weight is 352 g/mol. The van der Waals surface area contributed by atoms with Crippen LogP contribution in [0, 0.1) is 0 Å². The number of hydrogen-bond donors (Lipinski definition) is 2. The summed E-state index contributed by atoms with van der Waals surface area (Å²) in [5.41, 5.74) is 0. The normalized spacial score (nSPS) is 15.5. The van der Waals surface area contributed by atoms with Crippen LogP contribution in [0.5, 0.6) is 0 Å². The zero-order valence-electron chi connectivity index (χ0n) is 10.3. The Bertz CT molecular complexity index is 561. The molecule has 2 rings (SSSR count). The van der Waals surface area contributed by atoms with E-state index < -0.39 is 10.0 Å². The van der Waals surface area contributed by atoms with Crippen molar-refractivity contribution in [3.63, 3.8) is 0 Å². The molecule has 0 spiro atoms. The Morgan fingerprint density at radius 1 is 1.53 bits per heavy atom. The smallest absolute Gasteiger partial charge is 0.260 e.